The van der Waals surface area contributed by atoms with Gasteiger partial charge in [-0.2, -0.15) is 18.3 Å². The summed E-state index contributed by atoms with van der Waals surface area (Å²) in [5.41, 5.74) is -0.0676. The molecule has 0 amide bonds. The number of nitrogens with zero attached hydrogens (tertiary/aromatic N) is 2. The molecule has 0 radical (unpaired) electrons. The molecule has 4 nitrogen and oxygen atoms in total. The Balaban J connectivity index is 2.09. The van der Waals surface area contributed by atoms with Gasteiger partial charge in [0.25, 0.3) is 0 Å². The molecule has 2 aromatic rings. The maximum atomic E-state index is 12.4. The van der Waals surface area contributed by atoms with Crippen LogP contribution in [0.4, 0.5) is 13.2 Å². The van der Waals surface area contributed by atoms with Crippen LogP contribution < -0.4 is 5.32 Å². The molecule has 0 bridgehead atoms. The summed E-state index contributed by atoms with van der Waals surface area (Å²) >= 11 is 0. The summed E-state index contributed by atoms with van der Waals surface area (Å²) in [4.78, 5) is 0. The molecule has 0 fully saturated rings. The number of hydrogen-bond acceptors (Lipinski definition) is 3. The maximum Gasteiger partial charge on any atom is 0.435 e. The van der Waals surface area contributed by atoms with Gasteiger partial charge in [0, 0.05) is 11.8 Å². The van der Waals surface area contributed by atoms with Crippen molar-refractivity contribution in [3.05, 3.63) is 41.6 Å². The summed E-state index contributed by atoms with van der Waals surface area (Å²) in [7, 11) is 0. The highest BCUT2D eigenvalue weighted by Crippen LogP contribution is 2.27. The van der Waals surface area contributed by atoms with E-state index in [2.05, 4.69) is 10.4 Å². The Labute approximate surface area is 108 Å². The van der Waals surface area contributed by atoms with Crippen LogP contribution in [0.1, 0.15) is 23.9 Å². The molecule has 2 aromatic heterocycles. The number of rotatable bonds is 5. The molecular weight excluding hydrogens is 259 g/mol. The molecule has 0 aliphatic rings. The molecule has 104 valence electrons. The quantitative estimate of drug-likeness (QED) is 0.910. The fourth-order valence-electron chi connectivity index (χ4n) is 1.68. The molecule has 0 spiro atoms. The summed E-state index contributed by atoms with van der Waals surface area (Å²) in [6.45, 7) is 3.56. The first-order valence-electron chi connectivity index (χ1n) is 5.87. The highest BCUT2D eigenvalue weighted by molar-refractivity contribution is 5.17. The molecule has 7 heteroatoms. The smallest absolute Gasteiger partial charge is 0.435 e. The van der Waals surface area contributed by atoms with Gasteiger partial charge in [0.2, 0.25) is 0 Å². The van der Waals surface area contributed by atoms with Crippen LogP contribution in [0.3, 0.4) is 0 Å². The fraction of sp³-hybridized carbons (Fsp3) is 0.417. The van der Waals surface area contributed by atoms with Gasteiger partial charge in [0.15, 0.2) is 5.69 Å². The molecule has 0 aliphatic carbocycles. The Bertz CT molecular complexity index is 530. The van der Waals surface area contributed by atoms with Crippen molar-refractivity contribution in [1.82, 2.24) is 15.1 Å². The van der Waals surface area contributed by atoms with E-state index in [0.29, 0.717) is 12.3 Å². The number of halogens is 3. The van der Waals surface area contributed by atoms with Crippen LogP contribution >= 0.6 is 0 Å². The van der Waals surface area contributed by atoms with Gasteiger partial charge in [-0.05, 0) is 18.7 Å². The lowest BCUT2D eigenvalue weighted by molar-refractivity contribution is -0.141. The average Bonchev–Trinajstić information content (AvgIpc) is 2.95. The standard InChI is InChI=1S/C12H14F3N3O/c1-2-16-7-10-9(4-6-19-10)8-18-5-3-11(17-18)12(13,14)15/h3-6,16H,2,7-8H2,1H3. The Morgan fingerprint density at radius 2 is 2.16 bits per heavy atom. The minimum atomic E-state index is -4.41. The Kier molecular flexibility index (Phi) is 3.94. The Morgan fingerprint density at radius 3 is 2.79 bits per heavy atom. The van der Waals surface area contributed by atoms with Crippen LogP contribution in [0.5, 0.6) is 0 Å². The third-order valence-electron chi connectivity index (χ3n) is 2.64. The lowest BCUT2D eigenvalue weighted by Crippen LogP contribution is -2.13. The van der Waals surface area contributed by atoms with E-state index >= 15 is 0 Å². The number of nitrogens with one attached hydrogen (secondary N) is 1. The minimum Gasteiger partial charge on any atom is -0.468 e. The summed E-state index contributed by atoms with van der Waals surface area (Å²) in [6.07, 6.45) is -1.57. The normalized spacial score (nSPS) is 12.0. The van der Waals surface area contributed by atoms with Gasteiger partial charge in [-0.25, -0.2) is 0 Å². The molecule has 0 unspecified atom stereocenters. The Hall–Kier alpha value is -1.76. The molecule has 0 saturated carbocycles. The summed E-state index contributed by atoms with van der Waals surface area (Å²) in [5, 5.41) is 6.61. The first-order valence-corrected chi connectivity index (χ1v) is 5.87. The molecule has 19 heavy (non-hydrogen) atoms. The zero-order valence-electron chi connectivity index (χ0n) is 10.4. The van der Waals surface area contributed by atoms with Crippen LogP contribution in [-0.4, -0.2) is 16.3 Å². The molecule has 2 rings (SSSR count). The van der Waals surface area contributed by atoms with E-state index in [9.17, 15) is 13.2 Å². The van der Waals surface area contributed by atoms with Gasteiger partial charge in [-0.3, -0.25) is 4.68 Å². The van der Waals surface area contributed by atoms with E-state index in [4.69, 9.17) is 4.42 Å². The van der Waals surface area contributed by atoms with E-state index in [1.165, 1.54) is 17.1 Å². The third kappa shape index (κ3) is 3.37. The van der Waals surface area contributed by atoms with Crippen molar-refractivity contribution in [2.45, 2.75) is 26.2 Å². The third-order valence-corrected chi connectivity index (χ3v) is 2.64. The Morgan fingerprint density at radius 1 is 1.37 bits per heavy atom. The van der Waals surface area contributed by atoms with Crippen LogP contribution in [0.15, 0.2) is 29.0 Å². The van der Waals surface area contributed by atoms with Gasteiger partial charge in [0.1, 0.15) is 5.76 Å². The first kappa shape index (κ1) is 13.7. The zero-order valence-corrected chi connectivity index (χ0v) is 10.4. The number of furan rings is 1. The number of aromatic nitrogens is 2. The maximum absolute atomic E-state index is 12.4. The molecule has 0 aromatic carbocycles. The first-order chi connectivity index (χ1) is 9.00. The van der Waals surface area contributed by atoms with E-state index in [1.807, 2.05) is 6.92 Å². The predicted molar refractivity (Wildman–Crippen MR) is 62.4 cm³/mol. The van der Waals surface area contributed by atoms with Crippen molar-refractivity contribution in [2.75, 3.05) is 6.54 Å². The second-order valence-corrected chi connectivity index (χ2v) is 4.05. The largest absolute Gasteiger partial charge is 0.468 e. The van der Waals surface area contributed by atoms with E-state index in [1.54, 1.807) is 6.07 Å². The number of alkyl halides is 3. The van der Waals surface area contributed by atoms with Gasteiger partial charge in [-0.1, -0.05) is 6.92 Å². The molecule has 0 saturated heterocycles. The highest BCUT2D eigenvalue weighted by atomic mass is 19.4. The summed E-state index contributed by atoms with van der Waals surface area (Å²) < 4.78 is 43.8. The predicted octanol–water partition coefficient (Wildman–Crippen LogP) is 2.65. The van der Waals surface area contributed by atoms with Gasteiger partial charge in [0.05, 0.1) is 19.4 Å². The van der Waals surface area contributed by atoms with Crippen LogP contribution in [0.25, 0.3) is 0 Å². The van der Waals surface area contributed by atoms with Crippen LogP contribution in [0.2, 0.25) is 0 Å². The molecule has 0 aliphatic heterocycles. The molecular formula is C12H14F3N3O. The average molecular weight is 273 g/mol. The number of hydrogen-bond donors (Lipinski definition) is 1. The second kappa shape index (κ2) is 5.48. The van der Waals surface area contributed by atoms with Crippen LogP contribution in [0, 0.1) is 0 Å². The molecule has 0 atom stereocenters. The van der Waals surface area contributed by atoms with Crippen molar-refractivity contribution in [2.24, 2.45) is 0 Å². The van der Waals surface area contributed by atoms with Crippen molar-refractivity contribution in [3.63, 3.8) is 0 Å². The van der Waals surface area contributed by atoms with Crippen molar-refractivity contribution in [3.8, 4) is 0 Å². The monoisotopic (exact) mass is 273 g/mol. The van der Waals surface area contributed by atoms with E-state index in [0.717, 1.165) is 18.2 Å². The second-order valence-electron chi connectivity index (χ2n) is 4.05. The minimum absolute atomic E-state index is 0.257. The van der Waals surface area contributed by atoms with E-state index < -0.39 is 11.9 Å². The zero-order chi connectivity index (χ0) is 13.9. The van der Waals surface area contributed by atoms with Crippen LogP contribution in [-0.2, 0) is 19.3 Å². The fourth-order valence-corrected chi connectivity index (χ4v) is 1.68. The lowest BCUT2D eigenvalue weighted by Gasteiger charge is -2.04. The summed E-state index contributed by atoms with van der Waals surface area (Å²) in [5.74, 6) is 0.714. The van der Waals surface area contributed by atoms with Crippen molar-refractivity contribution < 1.29 is 17.6 Å². The van der Waals surface area contributed by atoms with Crippen molar-refractivity contribution >= 4 is 0 Å². The summed E-state index contributed by atoms with van der Waals surface area (Å²) in [6, 6.07) is 2.70. The van der Waals surface area contributed by atoms with Gasteiger partial charge in [-0.15, -0.1) is 0 Å². The SMILES string of the molecule is CCNCc1occc1Cn1ccc(C(F)(F)F)n1. The van der Waals surface area contributed by atoms with Gasteiger partial charge < -0.3 is 9.73 Å². The lowest BCUT2D eigenvalue weighted by atomic mass is 10.2. The van der Waals surface area contributed by atoms with Gasteiger partial charge >= 0.3 is 6.18 Å². The molecule has 2 heterocycles. The van der Waals surface area contributed by atoms with Crippen molar-refractivity contribution in [1.29, 1.82) is 0 Å². The topological polar surface area (TPSA) is 43.0 Å². The highest BCUT2D eigenvalue weighted by Gasteiger charge is 2.33. The molecule has 1 N–H and O–H groups in total. The van der Waals surface area contributed by atoms with E-state index in [-0.39, 0.29) is 6.54 Å².